The third-order valence-corrected chi connectivity index (χ3v) is 11.8. The van der Waals surface area contributed by atoms with Crippen molar-refractivity contribution in [3.8, 4) is 0 Å². The lowest BCUT2D eigenvalue weighted by Crippen LogP contribution is -2.44. The van der Waals surface area contributed by atoms with Crippen LogP contribution < -0.4 is 5.32 Å². The normalized spacial score (nSPS) is 29.7. The molecular formula is C48H44N2. The lowest BCUT2D eigenvalue weighted by molar-refractivity contribution is 0.200. The number of rotatable bonds is 5. The molecular weight excluding hydrogens is 605 g/mol. The van der Waals surface area contributed by atoms with Gasteiger partial charge in [0.25, 0.3) is 0 Å². The van der Waals surface area contributed by atoms with Crippen LogP contribution in [0.25, 0.3) is 0 Å². The molecule has 0 spiro atoms. The number of hydrogen-bond donors (Lipinski definition) is 1. The van der Waals surface area contributed by atoms with Crippen LogP contribution in [0.4, 0.5) is 0 Å². The van der Waals surface area contributed by atoms with E-state index < -0.39 is 5.41 Å². The summed E-state index contributed by atoms with van der Waals surface area (Å²) in [5.74, 6) is 0.700. The van der Waals surface area contributed by atoms with Crippen molar-refractivity contribution in [2.24, 2.45) is 17.3 Å². The first-order valence-electron chi connectivity index (χ1n) is 18.2. The molecule has 2 heteroatoms. The average Bonchev–Trinajstić information content (AvgIpc) is 3.83. The highest BCUT2D eigenvalue weighted by molar-refractivity contribution is 5.79. The highest BCUT2D eigenvalue weighted by Gasteiger charge is 2.62. The Morgan fingerprint density at radius 1 is 0.700 bits per heavy atom. The van der Waals surface area contributed by atoms with Crippen LogP contribution >= 0.6 is 0 Å². The van der Waals surface area contributed by atoms with E-state index in [0.717, 1.165) is 12.8 Å². The predicted molar refractivity (Wildman–Crippen MR) is 206 cm³/mol. The van der Waals surface area contributed by atoms with Crippen molar-refractivity contribution in [3.05, 3.63) is 226 Å². The van der Waals surface area contributed by atoms with Crippen molar-refractivity contribution < 1.29 is 0 Å². The Balaban J connectivity index is 1.29. The summed E-state index contributed by atoms with van der Waals surface area (Å²) in [4.78, 5) is 2.53. The van der Waals surface area contributed by atoms with Gasteiger partial charge in [0.05, 0.1) is 11.5 Å². The molecule has 0 bridgehead atoms. The molecule has 1 aliphatic heterocycles. The summed E-state index contributed by atoms with van der Waals surface area (Å²) in [5, 5.41) is 4.01. The molecule has 50 heavy (non-hydrogen) atoms. The van der Waals surface area contributed by atoms with Gasteiger partial charge in [-0.15, -0.1) is 0 Å². The molecule has 9 rings (SSSR count). The fraction of sp³-hybridized carbons (Fsp3) is 0.208. The standard InChI is InChI=1S/C48H44N2/c1-34-20-10-4-3-5-19-29-41-45(34)40-30-39-32-47(39,33-42(40)48(41,37-25-15-8-16-26-37)38-27-17-9-18-28-38)44-31-43(35-21-11-6-12-22-35)49-46(50(44)2)36-23-13-7-14-24-36/h3-4,6-31,33-34,39,43,46,49H,5,32H2,1-2H3/b4-3-,20-10-,29-19-/t34?,39?,43?,46-,47?/m1/s1. The summed E-state index contributed by atoms with van der Waals surface area (Å²) in [6.07, 6.45) is 23.9. The molecule has 4 aromatic rings. The van der Waals surface area contributed by atoms with E-state index in [-0.39, 0.29) is 23.5 Å². The fourth-order valence-corrected chi connectivity index (χ4v) is 9.37. The van der Waals surface area contributed by atoms with Gasteiger partial charge in [0.15, 0.2) is 0 Å². The molecule has 1 saturated carbocycles. The van der Waals surface area contributed by atoms with E-state index in [9.17, 15) is 0 Å². The third kappa shape index (κ3) is 4.81. The Kier molecular flexibility index (Phi) is 7.59. The molecule has 1 heterocycles. The van der Waals surface area contributed by atoms with Gasteiger partial charge in [-0.25, -0.2) is 0 Å². The van der Waals surface area contributed by atoms with Crippen LogP contribution in [0.5, 0.6) is 0 Å². The Morgan fingerprint density at radius 2 is 1.32 bits per heavy atom. The lowest BCUT2D eigenvalue weighted by atomic mass is 9.64. The van der Waals surface area contributed by atoms with Gasteiger partial charge in [0, 0.05) is 24.1 Å². The van der Waals surface area contributed by atoms with Crippen LogP contribution in [0.15, 0.2) is 204 Å². The van der Waals surface area contributed by atoms with E-state index in [1.54, 1.807) is 0 Å². The first-order valence-corrected chi connectivity index (χ1v) is 18.2. The lowest BCUT2D eigenvalue weighted by Gasteiger charge is -2.44. The van der Waals surface area contributed by atoms with Crippen LogP contribution in [0.1, 0.15) is 54.2 Å². The minimum atomic E-state index is -0.435. The number of nitrogens with zero attached hydrogens (tertiary/aromatic N) is 1. The minimum absolute atomic E-state index is 0.0591. The van der Waals surface area contributed by atoms with Gasteiger partial charge in [-0.3, -0.25) is 5.32 Å². The highest BCUT2D eigenvalue weighted by Crippen LogP contribution is 2.70. The van der Waals surface area contributed by atoms with Crippen molar-refractivity contribution in [2.75, 3.05) is 7.05 Å². The maximum absolute atomic E-state index is 4.01. The van der Waals surface area contributed by atoms with Crippen LogP contribution in [-0.2, 0) is 5.41 Å². The van der Waals surface area contributed by atoms with Crippen molar-refractivity contribution in [3.63, 3.8) is 0 Å². The zero-order valence-electron chi connectivity index (χ0n) is 28.9. The molecule has 0 amide bonds. The van der Waals surface area contributed by atoms with E-state index in [0.29, 0.717) is 5.92 Å². The van der Waals surface area contributed by atoms with Gasteiger partial charge < -0.3 is 4.90 Å². The average molecular weight is 649 g/mol. The minimum Gasteiger partial charge on any atom is -0.358 e. The van der Waals surface area contributed by atoms with Crippen molar-refractivity contribution >= 4 is 0 Å². The second kappa shape index (κ2) is 12.3. The molecule has 0 aromatic heterocycles. The largest absolute Gasteiger partial charge is 0.358 e. The first kappa shape index (κ1) is 30.8. The number of fused-ring (bicyclic) bond motifs is 3. The summed E-state index contributed by atoms with van der Waals surface area (Å²) in [7, 11) is 2.29. The Hall–Kier alpha value is -5.18. The van der Waals surface area contributed by atoms with Gasteiger partial charge in [-0.2, -0.15) is 0 Å². The molecule has 1 fully saturated rings. The van der Waals surface area contributed by atoms with E-state index in [1.807, 2.05) is 0 Å². The van der Waals surface area contributed by atoms with Gasteiger partial charge in [-0.1, -0.05) is 177 Å². The maximum Gasteiger partial charge on any atom is 0.106 e. The molecule has 5 atom stereocenters. The zero-order valence-corrected chi connectivity index (χ0v) is 28.9. The zero-order chi connectivity index (χ0) is 33.7. The number of nitrogens with one attached hydrogen (secondary N) is 1. The summed E-state index contributed by atoms with van der Waals surface area (Å²) in [5.41, 5.74) is 11.9. The smallest absolute Gasteiger partial charge is 0.106 e. The van der Waals surface area contributed by atoms with Crippen molar-refractivity contribution in [1.82, 2.24) is 10.2 Å². The molecule has 246 valence electrons. The van der Waals surface area contributed by atoms with E-state index in [4.69, 9.17) is 0 Å². The summed E-state index contributed by atoms with van der Waals surface area (Å²) < 4.78 is 0. The molecule has 5 aliphatic rings. The molecule has 4 aromatic carbocycles. The van der Waals surface area contributed by atoms with Gasteiger partial charge in [0.1, 0.15) is 6.17 Å². The summed E-state index contributed by atoms with van der Waals surface area (Å²) >= 11 is 0. The second-order valence-electron chi connectivity index (χ2n) is 14.6. The quantitative estimate of drug-likeness (QED) is 0.232. The maximum atomic E-state index is 4.01. The number of benzene rings is 4. The van der Waals surface area contributed by atoms with Crippen LogP contribution in [0, 0.1) is 17.3 Å². The molecule has 1 N–H and O–H groups in total. The second-order valence-corrected chi connectivity index (χ2v) is 14.6. The van der Waals surface area contributed by atoms with Crippen LogP contribution in [0.2, 0.25) is 0 Å². The van der Waals surface area contributed by atoms with E-state index >= 15 is 0 Å². The van der Waals surface area contributed by atoms with Crippen LogP contribution in [0.3, 0.4) is 0 Å². The van der Waals surface area contributed by atoms with Gasteiger partial charge in [0.2, 0.25) is 0 Å². The molecule has 4 unspecified atom stereocenters. The molecule has 0 saturated heterocycles. The number of allylic oxidation sites excluding steroid dienone is 12. The third-order valence-electron chi connectivity index (χ3n) is 11.8. The topological polar surface area (TPSA) is 15.3 Å². The molecule has 4 aliphatic carbocycles. The monoisotopic (exact) mass is 648 g/mol. The summed E-state index contributed by atoms with van der Waals surface area (Å²) in [6.45, 7) is 2.38. The fourth-order valence-electron chi connectivity index (χ4n) is 9.37. The molecule has 2 nitrogen and oxygen atoms in total. The first-order chi connectivity index (χ1) is 24.6. The van der Waals surface area contributed by atoms with E-state index in [1.165, 1.54) is 50.2 Å². The Bertz CT molecular complexity index is 2070. The van der Waals surface area contributed by atoms with Gasteiger partial charge >= 0.3 is 0 Å². The van der Waals surface area contributed by atoms with Crippen molar-refractivity contribution in [2.45, 2.75) is 37.4 Å². The molecule has 0 radical (unpaired) electrons. The van der Waals surface area contributed by atoms with E-state index in [2.05, 4.69) is 200 Å². The highest BCUT2D eigenvalue weighted by atomic mass is 15.3. The predicted octanol–water partition coefficient (Wildman–Crippen LogP) is 10.7. The number of hydrogen-bond acceptors (Lipinski definition) is 2. The Morgan fingerprint density at radius 3 is 1.98 bits per heavy atom. The SMILES string of the molecule is CC1/C=C\C=C/C/C=C\C2=C1C1=CC3CC3(C3=CC(c4ccccc4)N[C@@H](c4ccccc4)N3C)C=C1C2(c1ccccc1)c1ccccc1. The Labute approximate surface area is 297 Å². The van der Waals surface area contributed by atoms with Crippen molar-refractivity contribution in [1.29, 1.82) is 0 Å². The van der Waals surface area contributed by atoms with Gasteiger partial charge in [-0.05, 0) is 69.4 Å². The van der Waals surface area contributed by atoms with Crippen LogP contribution in [-0.4, -0.2) is 11.9 Å². The summed E-state index contributed by atoms with van der Waals surface area (Å²) in [6, 6.07) is 44.6.